The van der Waals surface area contributed by atoms with Crippen molar-refractivity contribution in [2.75, 3.05) is 7.11 Å². The van der Waals surface area contributed by atoms with Crippen LogP contribution in [-0.2, 0) is 7.05 Å². The maximum absolute atomic E-state index is 6.05. The van der Waals surface area contributed by atoms with Crippen molar-refractivity contribution in [2.24, 2.45) is 18.7 Å². The first-order valence-corrected chi connectivity index (χ1v) is 5.46. The highest BCUT2D eigenvalue weighted by Gasteiger charge is 2.35. The summed E-state index contributed by atoms with van der Waals surface area (Å²) in [6, 6.07) is 0.314. The van der Waals surface area contributed by atoms with E-state index in [-0.39, 0.29) is 0 Å². The van der Waals surface area contributed by atoms with Crippen molar-refractivity contribution in [1.29, 1.82) is 0 Å². The van der Waals surface area contributed by atoms with Gasteiger partial charge in [0.1, 0.15) is 0 Å². The molecule has 2 rings (SSSR count). The van der Waals surface area contributed by atoms with Crippen molar-refractivity contribution < 1.29 is 4.74 Å². The van der Waals surface area contributed by atoms with Crippen LogP contribution >= 0.6 is 0 Å². The summed E-state index contributed by atoms with van der Waals surface area (Å²) < 4.78 is 7.25. The van der Waals surface area contributed by atoms with E-state index in [2.05, 4.69) is 12.0 Å². The van der Waals surface area contributed by atoms with Crippen LogP contribution in [0.5, 0.6) is 5.75 Å². The summed E-state index contributed by atoms with van der Waals surface area (Å²) >= 11 is 0. The summed E-state index contributed by atoms with van der Waals surface area (Å²) in [5.41, 5.74) is 7.24. The fraction of sp³-hybridized carbons (Fsp3) is 0.727. The Morgan fingerprint density at radius 1 is 1.53 bits per heavy atom. The molecule has 1 aromatic heterocycles. The van der Waals surface area contributed by atoms with Crippen LogP contribution in [0.1, 0.15) is 31.4 Å². The van der Waals surface area contributed by atoms with Gasteiger partial charge in [-0.25, -0.2) is 0 Å². The molecule has 3 unspecified atom stereocenters. The average molecular weight is 209 g/mol. The lowest BCUT2D eigenvalue weighted by Crippen LogP contribution is -2.25. The van der Waals surface area contributed by atoms with Gasteiger partial charge in [0.2, 0.25) is 0 Å². The lowest BCUT2D eigenvalue weighted by Gasteiger charge is -2.19. The second-order valence-electron chi connectivity index (χ2n) is 4.43. The van der Waals surface area contributed by atoms with Gasteiger partial charge in [0.15, 0.2) is 5.75 Å². The Balaban J connectivity index is 2.32. The first-order chi connectivity index (χ1) is 7.15. The zero-order valence-electron chi connectivity index (χ0n) is 9.60. The van der Waals surface area contributed by atoms with E-state index in [1.165, 1.54) is 5.69 Å². The Hall–Kier alpha value is -1.03. The van der Waals surface area contributed by atoms with Gasteiger partial charge in [-0.3, -0.25) is 4.68 Å². The Morgan fingerprint density at radius 2 is 2.27 bits per heavy atom. The molecule has 1 fully saturated rings. The molecule has 4 heteroatoms. The molecule has 2 N–H and O–H groups in total. The minimum Gasteiger partial charge on any atom is -0.493 e. The van der Waals surface area contributed by atoms with Gasteiger partial charge < -0.3 is 10.5 Å². The van der Waals surface area contributed by atoms with E-state index in [0.717, 1.165) is 18.6 Å². The van der Waals surface area contributed by atoms with Crippen LogP contribution in [-0.4, -0.2) is 22.9 Å². The fourth-order valence-corrected chi connectivity index (χ4v) is 2.59. The molecule has 1 aliphatic carbocycles. The second kappa shape index (κ2) is 3.85. The van der Waals surface area contributed by atoms with Crippen molar-refractivity contribution in [1.82, 2.24) is 9.78 Å². The molecule has 0 bridgehead atoms. The lowest BCUT2D eigenvalue weighted by atomic mass is 9.92. The highest BCUT2D eigenvalue weighted by atomic mass is 16.5. The number of methoxy groups -OCH3 is 1. The molecule has 1 aliphatic rings. The van der Waals surface area contributed by atoms with E-state index in [0.29, 0.717) is 17.9 Å². The van der Waals surface area contributed by atoms with Crippen LogP contribution in [0.4, 0.5) is 0 Å². The molecule has 1 aromatic rings. The van der Waals surface area contributed by atoms with Crippen LogP contribution in [0.15, 0.2) is 6.20 Å². The van der Waals surface area contributed by atoms with Crippen molar-refractivity contribution in [3.8, 4) is 5.75 Å². The monoisotopic (exact) mass is 209 g/mol. The highest BCUT2D eigenvalue weighted by molar-refractivity contribution is 5.30. The summed E-state index contributed by atoms with van der Waals surface area (Å²) in [5.74, 6) is 1.89. The van der Waals surface area contributed by atoms with Gasteiger partial charge >= 0.3 is 0 Å². The molecule has 0 saturated heterocycles. The summed E-state index contributed by atoms with van der Waals surface area (Å²) in [7, 11) is 3.66. The molecule has 0 aromatic carbocycles. The zero-order valence-corrected chi connectivity index (χ0v) is 9.60. The van der Waals surface area contributed by atoms with Crippen LogP contribution in [0.25, 0.3) is 0 Å². The molecule has 0 radical (unpaired) electrons. The van der Waals surface area contributed by atoms with Gasteiger partial charge in [0, 0.05) is 19.0 Å². The third-order valence-corrected chi connectivity index (χ3v) is 3.64. The first kappa shape index (κ1) is 10.5. The van der Waals surface area contributed by atoms with Crippen LogP contribution in [0.2, 0.25) is 0 Å². The van der Waals surface area contributed by atoms with Crippen LogP contribution < -0.4 is 10.5 Å². The molecule has 4 nitrogen and oxygen atoms in total. The Labute approximate surface area is 90.4 Å². The second-order valence-corrected chi connectivity index (χ2v) is 4.43. The van der Waals surface area contributed by atoms with E-state index < -0.39 is 0 Å². The maximum Gasteiger partial charge on any atom is 0.160 e. The molecule has 84 valence electrons. The molecular formula is C11H19N3O. The van der Waals surface area contributed by atoms with E-state index in [9.17, 15) is 0 Å². The number of hydrogen-bond acceptors (Lipinski definition) is 3. The summed E-state index contributed by atoms with van der Waals surface area (Å²) in [4.78, 5) is 0. The van der Waals surface area contributed by atoms with E-state index in [1.807, 2.05) is 11.7 Å². The number of nitrogens with zero attached hydrogens (tertiary/aromatic N) is 2. The maximum atomic E-state index is 6.05. The number of hydrogen-bond donors (Lipinski definition) is 1. The lowest BCUT2D eigenvalue weighted by molar-refractivity contribution is 0.389. The van der Waals surface area contributed by atoms with Crippen molar-refractivity contribution in [3.63, 3.8) is 0 Å². The number of rotatable bonds is 2. The molecule has 1 heterocycles. The summed E-state index contributed by atoms with van der Waals surface area (Å²) in [6.45, 7) is 2.22. The minimum absolute atomic E-state index is 0.314. The number of ether oxygens (including phenoxy) is 1. The van der Waals surface area contributed by atoms with E-state index >= 15 is 0 Å². The largest absolute Gasteiger partial charge is 0.493 e. The molecular weight excluding hydrogens is 190 g/mol. The van der Waals surface area contributed by atoms with E-state index in [1.54, 1.807) is 13.3 Å². The van der Waals surface area contributed by atoms with Crippen LogP contribution in [0, 0.1) is 5.92 Å². The standard InChI is InChI=1S/C11H19N3O/c1-7-8(4-5-9(7)12)11-10(15-3)6-13-14(11)2/h6-9H,4-5,12H2,1-3H3. The molecule has 0 aliphatic heterocycles. The Morgan fingerprint density at radius 3 is 2.80 bits per heavy atom. The molecule has 3 atom stereocenters. The minimum atomic E-state index is 0.314. The number of nitrogens with two attached hydrogens (primary N) is 1. The zero-order chi connectivity index (χ0) is 11.0. The Kier molecular flexibility index (Phi) is 2.69. The number of aryl methyl sites for hydroxylation is 1. The highest BCUT2D eigenvalue weighted by Crippen LogP contribution is 2.41. The predicted octanol–water partition coefficient (Wildman–Crippen LogP) is 1.27. The Bertz CT molecular complexity index is 348. The molecule has 1 saturated carbocycles. The van der Waals surface area contributed by atoms with E-state index in [4.69, 9.17) is 10.5 Å². The third kappa shape index (κ3) is 1.63. The quantitative estimate of drug-likeness (QED) is 0.798. The van der Waals surface area contributed by atoms with Crippen molar-refractivity contribution in [2.45, 2.75) is 31.7 Å². The third-order valence-electron chi connectivity index (χ3n) is 3.64. The van der Waals surface area contributed by atoms with Gasteiger partial charge in [0.05, 0.1) is 19.0 Å². The molecule has 15 heavy (non-hydrogen) atoms. The van der Waals surface area contributed by atoms with Crippen molar-refractivity contribution >= 4 is 0 Å². The first-order valence-electron chi connectivity index (χ1n) is 5.46. The summed E-state index contributed by atoms with van der Waals surface area (Å²) in [6.07, 6.45) is 4.02. The average Bonchev–Trinajstić information content (AvgIpc) is 2.73. The predicted molar refractivity (Wildman–Crippen MR) is 58.9 cm³/mol. The molecule has 0 spiro atoms. The van der Waals surface area contributed by atoms with Gasteiger partial charge in [-0.2, -0.15) is 5.10 Å². The van der Waals surface area contributed by atoms with Gasteiger partial charge in [0.25, 0.3) is 0 Å². The molecule has 0 amide bonds. The van der Waals surface area contributed by atoms with Gasteiger partial charge in [-0.05, 0) is 18.8 Å². The van der Waals surface area contributed by atoms with Crippen LogP contribution in [0.3, 0.4) is 0 Å². The smallest absolute Gasteiger partial charge is 0.160 e. The fourth-order valence-electron chi connectivity index (χ4n) is 2.59. The normalized spacial score (nSPS) is 30.8. The topological polar surface area (TPSA) is 53.1 Å². The van der Waals surface area contributed by atoms with Gasteiger partial charge in [-0.1, -0.05) is 6.92 Å². The SMILES string of the molecule is COc1cnn(C)c1C1CCC(N)C1C. The summed E-state index contributed by atoms with van der Waals surface area (Å²) in [5, 5.41) is 4.24. The van der Waals surface area contributed by atoms with Crippen molar-refractivity contribution in [3.05, 3.63) is 11.9 Å². The number of aromatic nitrogens is 2. The van der Waals surface area contributed by atoms with Gasteiger partial charge in [-0.15, -0.1) is 0 Å².